The van der Waals surface area contributed by atoms with E-state index in [1.165, 1.54) is 45.7 Å². The Hall–Kier alpha value is -5.20. The van der Waals surface area contributed by atoms with Gasteiger partial charge in [-0.25, -0.2) is 18.7 Å². The van der Waals surface area contributed by atoms with Crippen LogP contribution in [0.3, 0.4) is 0 Å². The van der Waals surface area contributed by atoms with Crippen molar-refractivity contribution in [1.29, 1.82) is 0 Å². The van der Waals surface area contributed by atoms with Gasteiger partial charge in [0.2, 0.25) is 0 Å². The molecule has 0 fully saturated rings. The van der Waals surface area contributed by atoms with Crippen LogP contribution in [0.2, 0.25) is 0 Å². The van der Waals surface area contributed by atoms with E-state index in [0.29, 0.717) is 28.2 Å². The van der Waals surface area contributed by atoms with Crippen LogP contribution in [-0.2, 0) is 13.6 Å². The number of anilines is 1. The summed E-state index contributed by atoms with van der Waals surface area (Å²) in [4.78, 5) is 41.0. The van der Waals surface area contributed by atoms with Crippen LogP contribution in [0.15, 0.2) is 64.8 Å². The molecule has 0 bridgehead atoms. The topological polar surface area (TPSA) is 136 Å². The summed E-state index contributed by atoms with van der Waals surface area (Å²) in [6.45, 7) is 3.37. The minimum atomic E-state index is -1.12. The van der Waals surface area contributed by atoms with Crippen molar-refractivity contribution < 1.29 is 28.1 Å². The molecular weight excluding hydrogens is 501 g/mol. The lowest BCUT2D eigenvalue weighted by atomic mass is 10.2. The summed E-state index contributed by atoms with van der Waals surface area (Å²) in [5.41, 5.74) is -1.07. The molecule has 196 valence electrons. The van der Waals surface area contributed by atoms with Crippen LogP contribution in [0.1, 0.15) is 0 Å². The number of fused-ring (bicyclic) bond motifs is 1. The zero-order valence-corrected chi connectivity index (χ0v) is 20.6. The average molecular weight is 523 g/mol. The fourth-order valence-electron chi connectivity index (χ4n) is 3.50. The molecule has 12 nitrogen and oxygen atoms in total. The maximum atomic E-state index is 14.9. The van der Waals surface area contributed by atoms with Crippen molar-refractivity contribution in [2.75, 3.05) is 19.5 Å². The summed E-state index contributed by atoms with van der Waals surface area (Å²) in [6, 6.07) is 8.58. The van der Waals surface area contributed by atoms with E-state index in [-0.39, 0.29) is 18.0 Å². The smallest absolute Gasteiger partial charge is 0.418 e. The third-order valence-electron chi connectivity index (χ3n) is 5.28. The number of pyridine rings is 1. The second-order valence-electron chi connectivity index (χ2n) is 7.71. The maximum absolute atomic E-state index is 14.9. The van der Waals surface area contributed by atoms with Gasteiger partial charge in [0.15, 0.2) is 23.1 Å². The Morgan fingerprint density at radius 3 is 2.50 bits per heavy atom. The Morgan fingerprint density at radius 1 is 1.08 bits per heavy atom. The van der Waals surface area contributed by atoms with Gasteiger partial charge in [-0.1, -0.05) is 6.08 Å². The van der Waals surface area contributed by atoms with Crippen molar-refractivity contribution >= 4 is 22.7 Å². The fourth-order valence-corrected chi connectivity index (χ4v) is 3.50. The number of halogens is 1. The van der Waals surface area contributed by atoms with Gasteiger partial charge in [0.1, 0.15) is 5.75 Å². The third-order valence-corrected chi connectivity index (χ3v) is 5.28. The van der Waals surface area contributed by atoms with E-state index in [1.54, 1.807) is 18.2 Å². The summed E-state index contributed by atoms with van der Waals surface area (Å²) in [5, 5.41) is 6.52. The summed E-state index contributed by atoms with van der Waals surface area (Å²) in [6.07, 6.45) is 1.72. The van der Waals surface area contributed by atoms with Crippen molar-refractivity contribution in [3.8, 4) is 28.9 Å². The number of aromatic nitrogens is 4. The second kappa shape index (κ2) is 10.8. The standard InChI is InChI=1S/C25H22FN5O7/c1-5-10-31-23(32)22(29-30(2)25(31)34)38-24(33)28-14-6-7-19(16(26)11-14)37-18-8-9-27-17-13-21(36-4)20(35-3)12-15(17)18/h5-9,11-13H,1,10H2,2-4H3,(H,28,33). The zero-order chi connectivity index (χ0) is 27.4. The van der Waals surface area contributed by atoms with Crippen LogP contribution in [0.4, 0.5) is 14.9 Å². The highest BCUT2D eigenvalue weighted by molar-refractivity contribution is 5.88. The van der Waals surface area contributed by atoms with Gasteiger partial charge in [0, 0.05) is 43.0 Å². The number of carbonyl (C=O) groups excluding carboxylic acids is 1. The maximum Gasteiger partial charge on any atom is 0.418 e. The highest BCUT2D eigenvalue weighted by Crippen LogP contribution is 2.37. The molecule has 0 aliphatic heterocycles. The molecule has 4 aromatic rings. The summed E-state index contributed by atoms with van der Waals surface area (Å²) in [7, 11) is 4.28. The van der Waals surface area contributed by atoms with Gasteiger partial charge in [0.05, 0.1) is 19.7 Å². The van der Waals surface area contributed by atoms with E-state index in [9.17, 15) is 18.8 Å². The summed E-state index contributed by atoms with van der Waals surface area (Å²) < 4.78 is 37.9. The van der Waals surface area contributed by atoms with E-state index < -0.39 is 29.0 Å². The number of methoxy groups -OCH3 is 2. The molecule has 38 heavy (non-hydrogen) atoms. The van der Waals surface area contributed by atoms with Crippen LogP contribution < -0.4 is 35.5 Å². The van der Waals surface area contributed by atoms with Gasteiger partial charge in [-0.05, 0) is 24.3 Å². The molecule has 1 amide bonds. The van der Waals surface area contributed by atoms with E-state index in [1.807, 2.05) is 0 Å². The number of amides is 1. The predicted molar refractivity (Wildman–Crippen MR) is 135 cm³/mol. The summed E-state index contributed by atoms with van der Waals surface area (Å²) in [5.74, 6) is -0.318. The number of hydrogen-bond acceptors (Lipinski definition) is 9. The second-order valence-corrected chi connectivity index (χ2v) is 7.71. The number of hydrogen-bond donors (Lipinski definition) is 1. The van der Waals surface area contributed by atoms with Crippen molar-refractivity contribution in [1.82, 2.24) is 19.3 Å². The number of benzene rings is 2. The van der Waals surface area contributed by atoms with Crippen molar-refractivity contribution in [2.24, 2.45) is 7.05 Å². The Kier molecular flexibility index (Phi) is 7.37. The van der Waals surface area contributed by atoms with E-state index in [2.05, 4.69) is 22.0 Å². The van der Waals surface area contributed by atoms with Crippen molar-refractivity contribution in [3.05, 3.63) is 81.9 Å². The molecule has 0 atom stereocenters. The van der Waals surface area contributed by atoms with Crippen molar-refractivity contribution in [2.45, 2.75) is 6.54 Å². The third kappa shape index (κ3) is 5.16. The first-order valence-electron chi connectivity index (χ1n) is 11.0. The first kappa shape index (κ1) is 25.9. The van der Waals surface area contributed by atoms with E-state index in [0.717, 1.165) is 15.3 Å². The van der Waals surface area contributed by atoms with E-state index >= 15 is 0 Å². The molecule has 0 aliphatic rings. The lowest BCUT2D eigenvalue weighted by molar-refractivity contribution is 0.210. The highest BCUT2D eigenvalue weighted by atomic mass is 19.1. The molecule has 0 aliphatic carbocycles. The first-order chi connectivity index (χ1) is 18.2. The number of aryl methyl sites for hydroxylation is 1. The number of allylic oxidation sites excluding steroid dienone is 1. The number of nitrogens with one attached hydrogen (secondary N) is 1. The number of rotatable bonds is 8. The zero-order valence-electron chi connectivity index (χ0n) is 20.6. The Labute approximate surface area is 214 Å². The lowest BCUT2D eigenvalue weighted by Gasteiger charge is -2.13. The van der Waals surface area contributed by atoms with Crippen molar-refractivity contribution in [3.63, 3.8) is 0 Å². The normalized spacial score (nSPS) is 10.6. The van der Waals surface area contributed by atoms with Crippen LogP contribution in [0.25, 0.3) is 10.9 Å². The Balaban J connectivity index is 1.54. The lowest BCUT2D eigenvalue weighted by Crippen LogP contribution is -2.41. The quantitative estimate of drug-likeness (QED) is 0.345. The molecule has 0 spiro atoms. The minimum absolute atomic E-state index is 0.0158. The van der Waals surface area contributed by atoms with Gasteiger partial charge < -0.3 is 18.9 Å². The van der Waals surface area contributed by atoms with Gasteiger partial charge in [-0.2, -0.15) is 0 Å². The molecule has 4 rings (SSSR count). The molecule has 1 N–H and O–H groups in total. The Morgan fingerprint density at radius 2 is 1.82 bits per heavy atom. The first-order valence-corrected chi connectivity index (χ1v) is 11.0. The average Bonchev–Trinajstić information content (AvgIpc) is 2.90. The molecule has 2 aromatic heterocycles. The highest BCUT2D eigenvalue weighted by Gasteiger charge is 2.17. The molecule has 2 heterocycles. The van der Waals surface area contributed by atoms with Gasteiger partial charge in [0.25, 0.3) is 0 Å². The predicted octanol–water partition coefficient (Wildman–Crippen LogP) is 3.24. The molecule has 13 heteroatoms. The number of carbonyl (C=O) groups is 1. The van der Waals surface area contributed by atoms with Crippen LogP contribution in [0.5, 0.6) is 28.9 Å². The number of ether oxygens (including phenoxy) is 4. The minimum Gasteiger partial charge on any atom is -0.493 e. The van der Waals surface area contributed by atoms with Gasteiger partial charge in [-0.3, -0.25) is 19.7 Å². The monoisotopic (exact) mass is 523 g/mol. The summed E-state index contributed by atoms with van der Waals surface area (Å²) >= 11 is 0. The number of nitrogens with zero attached hydrogens (tertiary/aromatic N) is 4. The van der Waals surface area contributed by atoms with Crippen LogP contribution >= 0.6 is 0 Å². The SMILES string of the molecule is C=CCn1c(=O)c(OC(=O)Nc2ccc(Oc3ccnc4cc(OC)c(OC)cc34)c(F)c2)nn(C)c1=O. The molecule has 0 radical (unpaired) electrons. The molecular formula is C25H22FN5O7. The molecule has 0 saturated carbocycles. The Bertz CT molecular complexity index is 1660. The molecule has 0 unspecified atom stereocenters. The largest absolute Gasteiger partial charge is 0.493 e. The fraction of sp³-hybridized carbons (Fsp3) is 0.160. The molecule has 0 saturated heterocycles. The van der Waals surface area contributed by atoms with Crippen LogP contribution in [-0.4, -0.2) is 39.6 Å². The van der Waals surface area contributed by atoms with E-state index in [4.69, 9.17) is 18.9 Å². The molecule has 2 aromatic carbocycles. The van der Waals surface area contributed by atoms with Crippen LogP contribution in [0, 0.1) is 5.82 Å². The van der Waals surface area contributed by atoms with Gasteiger partial charge >= 0.3 is 23.2 Å². The van der Waals surface area contributed by atoms with Gasteiger partial charge in [-0.15, -0.1) is 11.7 Å².